The molecule has 3 aromatic carbocycles. The second-order valence-corrected chi connectivity index (χ2v) is 7.82. The van der Waals surface area contributed by atoms with Gasteiger partial charge in [0, 0.05) is 0 Å². The molecule has 0 fully saturated rings. The molecule has 0 aromatic heterocycles. The van der Waals surface area contributed by atoms with Crippen LogP contribution in [0.5, 0.6) is 5.75 Å². The van der Waals surface area contributed by atoms with Gasteiger partial charge in [-0.15, -0.1) is 0 Å². The number of fused-ring (bicyclic) bond motifs is 1. The Hall–Kier alpha value is -4.46. The fourth-order valence-corrected chi connectivity index (χ4v) is 3.70. The average Bonchev–Trinajstić information content (AvgIpc) is 3.08. The van der Waals surface area contributed by atoms with Gasteiger partial charge in [-0.1, -0.05) is 24.3 Å². The second kappa shape index (κ2) is 9.19. The maximum atomic E-state index is 13.1. The van der Waals surface area contributed by atoms with Crippen molar-refractivity contribution in [2.24, 2.45) is 0 Å². The van der Waals surface area contributed by atoms with Crippen molar-refractivity contribution in [1.29, 1.82) is 0 Å². The normalized spacial score (nSPS) is 12.4. The summed E-state index contributed by atoms with van der Waals surface area (Å²) in [5, 5.41) is 2.61. The number of anilines is 2. The Kier molecular flexibility index (Phi) is 6.14. The van der Waals surface area contributed by atoms with Gasteiger partial charge in [0.25, 0.3) is 17.7 Å². The van der Waals surface area contributed by atoms with Crippen molar-refractivity contribution >= 4 is 35.1 Å². The van der Waals surface area contributed by atoms with Crippen LogP contribution in [0.2, 0.25) is 0 Å². The van der Waals surface area contributed by atoms with Gasteiger partial charge in [-0.05, 0) is 61.4 Å². The summed E-state index contributed by atoms with van der Waals surface area (Å²) >= 11 is 0. The van der Waals surface area contributed by atoms with Gasteiger partial charge < -0.3 is 14.8 Å². The van der Waals surface area contributed by atoms with Crippen molar-refractivity contribution in [2.75, 3.05) is 23.9 Å². The maximum absolute atomic E-state index is 13.1. The minimum Gasteiger partial charge on any atom is -0.495 e. The number of benzene rings is 3. The van der Waals surface area contributed by atoms with E-state index in [1.165, 1.54) is 25.3 Å². The van der Waals surface area contributed by atoms with Crippen molar-refractivity contribution in [1.82, 2.24) is 0 Å². The molecule has 0 unspecified atom stereocenters. The van der Waals surface area contributed by atoms with E-state index in [0.29, 0.717) is 17.1 Å². The van der Waals surface area contributed by atoms with Crippen LogP contribution in [0, 0.1) is 13.8 Å². The summed E-state index contributed by atoms with van der Waals surface area (Å²) in [6.45, 7) is 3.16. The molecule has 1 heterocycles. The first-order valence-electron chi connectivity index (χ1n) is 10.5. The minimum atomic E-state index is -0.789. The number of ether oxygens (including phenoxy) is 2. The van der Waals surface area contributed by atoms with Crippen LogP contribution in [0.1, 0.15) is 42.2 Å². The van der Waals surface area contributed by atoms with E-state index >= 15 is 0 Å². The fourth-order valence-electron chi connectivity index (χ4n) is 3.70. The number of carbonyl (C=O) groups is 4. The van der Waals surface area contributed by atoms with Gasteiger partial charge in [0.05, 0.1) is 35.2 Å². The molecular weight excluding hydrogens is 436 g/mol. The molecule has 8 nitrogen and oxygen atoms in total. The molecule has 1 aliphatic heterocycles. The number of para-hydroxylation sites is 2. The quantitative estimate of drug-likeness (QED) is 0.444. The highest BCUT2D eigenvalue weighted by Crippen LogP contribution is 2.32. The van der Waals surface area contributed by atoms with Crippen LogP contribution in [0.3, 0.4) is 0 Å². The van der Waals surface area contributed by atoms with Gasteiger partial charge in [0.1, 0.15) is 5.75 Å². The van der Waals surface area contributed by atoms with Crippen LogP contribution < -0.4 is 15.0 Å². The molecule has 3 amide bonds. The first-order chi connectivity index (χ1) is 16.3. The van der Waals surface area contributed by atoms with Gasteiger partial charge in [0.15, 0.2) is 6.61 Å². The summed E-state index contributed by atoms with van der Waals surface area (Å²) < 4.78 is 10.3. The van der Waals surface area contributed by atoms with E-state index in [0.717, 1.165) is 16.0 Å². The number of methoxy groups -OCH3 is 1. The number of rotatable bonds is 6. The number of nitrogens with one attached hydrogen (secondary N) is 1. The zero-order valence-electron chi connectivity index (χ0n) is 18.9. The van der Waals surface area contributed by atoms with E-state index < -0.39 is 30.3 Å². The van der Waals surface area contributed by atoms with Crippen molar-refractivity contribution in [3.05, 3.63) is 88.5 Å². The lowest BCUT2D eigenvalue weighted by Gasteiger charge is -2.17. The lowest BCUT2D eigenvalue weighted by Crippen LogP contribution is -2.30. The van der Waals surface area contributed by atoms with Crippen molar-refractivity contribution in [3.8, 4) is 5.75 Å². The second-order valence-electron chi connectivity index (χ2n) is 7.82. The highest BCUT2D eigenvalue weighted by molar-refractivity contribution is 6.35. The molecule has 3 aromatic rings. The van der Waals surface area contributed by atoms with E-state index in [1.54, 1.807) is 30.3 Å². The van der Waals surface area contributed by atoms with Gasteiger partial charge in [-0.25, -0.2) is 9.69 Å². The van der Waals surface area contributed by atoms with Gasteiger partial charge in [-0.3, -0.25) is 14.4 Å². The van der Waals surface area contributed by atoms with Crippen LogP contribution in [0.25, 0.3) is 0 Å². The van der Waals surface area contributed by atoms with E-state index in [1.807, 2.05) is 26.0 Å². The van der Waals surface area contributed by atoms with Crippen LogP contribution in [0.4, 0.5) is 11.4 Å². The number of hydrogen-bond acceptors (Lipinski definition) is 6. The number of nitrogens with zero attached hydrogens (tertiary/aromatic N) is 1. The number of hydrogen-bond donors (Lipinski definition) is 1. The molecule has 8 heteroatoms. The predicted molar refractivity (Wildman–Crippen MR) is 125 cm³/mol. The number of carbonyl (C=O) groups excluding carboxylic acids is 4. The smallest absolute Gasteiger partial charge is 0.338 e. The number of aryl methyl sites for hydroxylation is 2. The molecule has 0 saturated carbocycles. The summed E-state index contributed by atoms with van der Waals surface area (Å²) in [6.07, 6.45) is 0. The zero-order chi connectivity index (χ0) is 24.4. The van der Waals surface area contributed by atoms with Crippen LogP contribution in [-0.2, 0) is 9.53 Å². The highest BCUT2D eigenvalue weighted by Gasteiger charge is 2.38. The SMILES string of the molecule is COc1ccccc1NC(=O)COC(=O)c1ccc2c(c1)C(=O)N(c1cc(C)ccc1C)C2=O. The monoisotopic (exact) mass is 458 g/mol. The Balaban J connectivity index is 1.47. The highest BCUT2D eigenvalue weighted by atomic mass is 16.5. The van der Waals surface area contributed by atoms with Gasteiger partial charge >= 0.3 is 5.97 Å². The third kappa shape index (κ3) is 4.25. The molecule has 4 rings (SSSR count). The summed E-state index contributed by atoms with van der Waals surface area (Å²) in [5.74, 6) is -1.84. The van der Waals surface area contributed by atoms with Gasteiger partial charge in [0.2, 0.25) is 0 Å². The average molecular weight is 458 g/mol. The third-order valence-corrected chi connectivity index (χ3v) is 5.44. The number of esters is 1. The van der Waals surface area contributed by atoms with Crippen molar-refractivity contribution in [2.45, 2.75) is 13.8 Å². The maximum Gasteiger partial charge on any atom is 0.338 e. The molecule has 34 heavy (non-hydrogen) atoms. The van der Waals surface area contributed by atoms with Crippen molar-refractivity contribution < 1.29 is 28.7 Å². The van der Waals surface area contributed by atoms with Crippen molar-refractivity contribution in [3.63, 3.8) is 0 Å². The summed E-state index contributed by atoms with van der Waals surface area (Å²) in [5.41, 5.74) is 3.01. The largest absolute Gasteiger partial charge is 0.495 e. The molecule has 0 radical (unpaired) electrons. The molecular formula is C26H22N2O6. The standard InChI is InChI=1S/C26H22N2O6/c1-15-8-9-16(2)21(12-15)28-24(30)18-11-10-17(13-19(18)25(28)31)26(32)34-14-23(29)27-20-6-4-5-7-22(20)33-3/h4-13H,14H2,1-3H3,(H,27,29). The van der Waals surface area contributed by atoms with Crippen LogP contribution in [0.15, 0.2) is 60.7 Å². The minimum absolute atomic E-state index is 0.0628. The Bertz CT molecular complexity index is 1330. The summed E-state index contributed by atoms with van der Waals surface area (Å²) in [4.78, 5) is 51.8. The summed E-state index contributed by atoms with van der Waals surface area (Å²) in [6, 6.07) is 16.5. The van der Waals surface area contributed by atoms with E-state index in [4.69, 9.17) is 9.47 Å². The van der Waals surface area contributed by atoms with Gasteiger partial charge in [-0.2, -0.15) is 0 Å². The first-order valence-corrected chi connectivity index (χ1v) is 10.5. The lowest BCUT2D eigenvalue weighted by atomic mass is 10.1. The molecule has 0 atom stereocenters. The summed E-state index contributed by atoms with van der Waals surface area (Å²) in [7, 11) is 1.48. The fraction of sp³-hybridized carbons (Fsp3) is 0.154. The molecule has 1 N–H and O–H groups in total. The lowest BCUT2D eigenvalue weighted by molar-refractivity contribution is -0.119. The molecule has 0 saturated heterocycles. The zero-order valence-corrected chi connectivity index (χ0v) is 18.9. The number of imide groups is 1. The van der Waals surface area contributed by atoms with Crippen LogP contribution >= 0.6 is 0 Å². The molecule has 0 bridgehead atoms. The first kappa shape index (κ1) is 22.7. The van der Waals surface area contributed by atoms with Crippen LogP contribution in [-0.4, -0.2) is 37.4 Å². The molecule has 172 valence electrons. The topological polar surface area (TPSA) is 102 Å². The third-order valence-electron chi connectivity index (χ3n) is 5.44. The Morgan fingerprint density at radius 1 is 0.912 bits per heavy atom. The predicted octanol–water partition coefficient (Wildman–Crippen LogP) is 3.91. The Morgan fingerprint density at radius 2 is 1.65 bits per heavy atom. The molecule has 0 spiro atoms. The number of amides is 3. The van der Waals surface area contributed by atoms with E-state index in [9.17, 15) is 19.2 Å². The Morgan fingerprint density at radius 3 is 2.41 bits per heavy atom. The molecule has 0 aliphatic carbocycles. The Labute approximate surface area is 196 Å². The molecule has 1 aliphatic rings. The van der Waals surface area contributed by atoms with E-state index in [-0.39, 0.29) is 16.7 Å². The van der Waals surface area contributed by atoms with E-state index in [2.05, 4.69) is 5.32 Å².